The minimum atomic E-state index is -0.615. The molecule has 1 aliphatic rings. The highest BCUT2D eigenvalue weighted by molar-refractivity contribution is 5.94. The van der Waals surface area contributed by atoms with Crippen molar-refractivity contribution in [3.05, 3.63) is 204 Å². The van der Waals surface area contributed by atoms with Crippen molar-refractivity contribution < 1.29 is 4.74 Å². The Morgan fingerprint density at radius 2 is 0.938 bits per heavy atom. The molecule has 3 nitrogen and oxygen atoms in total. The van der Waals surface area contributed by atoms with Gasteiger partial charge in [0.2, 0.25) is 0 Å². The molecule has 8 aromatic rings. The smallest absolute Gasteiger partial charge is 0.160 e. The maximum Gasteiger partial charge on any atom is 0.160 e. The lowest BCUT2D eigenvalue weighted by Crippen LogP contribution is -2.34. The largest absolute Gasteiger partial charge is 0.457 e. The summed E-state index contributed by atoms with van der Waals surface area (Å²) >= 11 is 0. The molecule has 0 unspecified atom stereocenters. The standard InChI is InChI=1S/C45H30N2O/c1-3-14-31(15-4-1)32-26-28-33(29-27-32)43-37-20-7-10-23-40(37)46-44(47-43)34-16-13-19-36(30-34)45(35-17-5-2-6-18-35)38-21-8-11-24-41(38)48-42-25-12-9-22-39(42)45/h1-30H. The van der Waals surface area contributed by atoms with E-state index in [4.69, 9.17) is 14.7 Å². The molecule has 2 heterocycles. The van der Waals surface area contributed by atoms with Gasteiger partial charge in [-0.2, -0.15) is 0 Å². The van der Waals surface area contributed by atoms with Crippen molar-refractivity contribution in [2.24, 2.45) is 0 Å². The summed E-state index contributed by atoms with van der Waals surface area (Å²) in [5, 5.41) is 1.03. The van der Waals surface area contributed by atoms with Gasteiger partial charge in [-0.3, -0.25) is 0 Å². The van der Waals surface area contributed by atoms with Crippen LogP contribution in [-0.2, 0) is 5.41 Å². The van der Waals surface area contributed by atoms with Crippen LogP contribution in [0.5, 0.6) is 11.5 Å². The molecule has 0 fully saturated rings. The third-order valence-corrected chi connectivity index (χ3v) is 9.43. The molecule has 48 heavy (non-hydrogen) atoms. The first-order chi connectivity index (χ1) is 23.8. The van der Waals surface area contributed by atoms with Crippen molar-refractivity contribution in [2.75, 3.05) is 0 Å². The lowest BCUT2D eigenvalue weighted by atomic mass is 9.63. The molecule has 1 aliphatic heterocycles. The van der Waals surface area contributed by atoms with Crippen molar-refractivity contribution in [1.82, 2.24) is 9.97 Å². The Kier molecular flexibility index (Phi) is 6.69. The zero-order chi connectivity index (χ0) is 31.9. The first-order valence-corrected chi connectivity index (χ1v) is 16.2. The molecule has 0 radical (unpaired) electrons. The number of rotatable bonds is 5. The van der Waals surface area contributed by atoms with E-state index in [9.17, 15) is 0 Å². The second-order valence-corrected chi connectivity index (χ2v) is 12.1. The van der Waals surface area contributed by atoms with Gasteiger partial charge < -0.3 is 4.74 Å². The average Bonchev–Trinajstić information content (AvgIpc) is 3.17. The fourth-order valence-corrected chi connectivity index (χ4v) is 7.24. The van der Waals surface area contributed by atoms with Crippen LogP contribution in [0.1, 0.15) is 22.3 Å². The summed E-state index contributed by atoms with van der Waals surface area (Å²) in [6.07, 6.45) is 0. The van der Waals surface area contributed by atoms with E-state index < -0.39 is 5.41 Å². The van der Waals surface area contributed by atoms with E-state index in [1.807, 2.05) is 24.3 Å². The predicted octanol–water partition coefficient (Wildman–Crippen LogP) is 11.1. The number of hydrogen-bond acceptors (Lipinski definition) is 3. The molecule has 0 aliphatic carbocycles. The van der Waals surface area contributed by atoms with Gasteiger partial charge in [0.15, 0.2) is 5.82 Å². The van der Waals surface area contributed by atoms with E-state index in [1.165, 1.54) is 16.7 Å². The summed E-state index contributed by atoms with van der Waals surface area (Å²) < 4.78 is 6.52. The highest BCUT2D eigenvalue weighted by Crippen LogP contribution is 2.55. The molecule has 0 spiro atoms. The topological polar surface area (TPSA) is 35.0 Å². The first kappa shape index (κ1) is 27.9. The minimum Gasteiger partial charge on any atom is -0.457 e. The molecule has 7 aromatic carbocycles. The zero-order valence-electron chi connectivity index (χ0n) is 26.1. The maximum atomic E-state index is 6.52. The Morgan fingerprint density at radius 3 is 1.67 bits per heavy atom. The normalized spacial score (nSPS) is 12.9. The van der Waals surface area contributed by atoms with Gasteiger partial charge in [-0.1, -0.05) is 158 Å². The van der Waals surface area contributed by atoms with E-state index in [-0.39, 0.29) is 0 Å². The summed E-state index contributed by atoms with van der Waals surface area (Å²) in [7, 11) is 0. The monoisotopic (exact) mass is 614 g/mol. The van der Waals surface area contributed by atoms with Crippen LogP contribution in [0.25, 0.3) is 44.7 Å². The zero-order valence-corrected chi connectivity index (χ0v) is 26.1. The number of nitrogens with zero attached hydrogens (tertiary/aromatic N) is 2. The third kappa shape index (κ3) is 4.51. The molecule has 0 amide bonds. The maximum absolute atomic E-state index is 6.52. The molecule has 0 saturated heterocycles. The summed E-state index contributed by atoms with van der Waals surface area (Å²) in [5.74, 6) is 2.40. The fourth-order valence-electron chi connectivity index (χ4n) is 7.24. The Morgan fingerprint density at radius 1 is 0.396 bits per heavy atom. The van der Waals surface area contributed by atoms with E-state index in [2.05, 4.69) is 158 Å². The minimum absolute atomic E-state index is 0.615. The van der Waals surface area contributed by atoms with Crippen molar-refractivity contribution >= 4 is 10.9 Å². The summed E-state index contributed by atoms with van der Waals surface area (Å²) in [4.78, 5) is 10.4. The van der Waals surface area contributed by atoms with E-state index in [1.54, 1.807) is 0 Å². The second-order valence-electron chi connectivity index (χ2n) is 12.1. The highest BCUT2D eigenvalue weighted by Gasteiger charge is 2.45. The Labute approximate surface area is 279 Å². The van der Waals surface area contributed by atoms with Gasteiger partial charge in [-0.15, -0.1) is 0 Å². The Balaban J connectivity index is 1.25. The van der Waals surface area contributed by atoms with Gasteiger partial charge in [-0.25, -0.2) is 9.97 Å². The van der Waals surface area contributed by atoms with Crippen LogP contribution in [0, 0.1) is 0 Å². The van der Waals surface area contributed by atoms with Crippen LogP contribution in [0.2, 0.25) is 0 Å². The summed E-state index contributed by atoms with van der Waals surface area (Å²) in [6, 6.07) is 63.6. The average molecular weight is 615 g/mol. The molecule has 1 aromatic heterocycles. The molecule has 226 valence electrons. The number of fused-ring (bicyclic) bond motifs is 3. The Hall–Kier alpha value is -6.32. The molecule has 0 atom stereocenters. The van der Waals surface area contributed by atoms with Crippen LogP contribution in [0.3, 0.4) is 0 Å². The second kappa shape index (κ2) is 11.5. The van der Waals surface area contributed by atoms with E-state index in [0.29, 0.717) is 5.82 Å². The van der Waals surface area contributed by atoms with Gasteiger partial charge in [0.25, 0.3) is 0 Å². The van der Waals surface area contributed by atoms with Crippen molar-refractivity contribution in [1.29, 1.82) is 0 Å². The van der Waals surface area contributed by atoms with Crippen molar-refractivity contribution in [3.8, 4) is 45.3 Å². The van der Waals surface area contributed by atoms with Crippen LogP contribution in [0.4, 0.5) is 0 Å². The number of hydrogen-bond donors (Lipinski definition) is 0. The van der Waals surface area contributed by atoms with Crippen LogP contribution in [-0.4, -0.2) is 9.97 Å². The van der Waals surface area contributed by atoms with Gasteiger partial charge in [0, 0.05) is 27.6 Å². The van der Waals surface area contributed by atoms with E-state index in [0.717, 1.165) is 55.9 Å². The SMILES string of the molecule is c1ccc(-c2ccc(-c3nc(-c4cccc(C5(c6ccccc6)c6ccccc6Oc6ccccc65)c4)nc4ccccc34)cc2)cc1. The van der Waals surface area contributed by atoms with Gasteiger partial charge in [0.05, 0.1) is 16.6 Å². The number of benzene rings is 7. The molecule has 0 bridgehead atoms. The van der Waals surface area contributed by atoms with Crippen molar-refractivity contribution in [2.45, 2.75) is 5.41 Å². The van der Waals surface area contributed by atoms with Gasteiger partial charge >= 0.3 is 0 Å². The predicted molar refractivity (Wildman–Crippen MR) is 194 cm³/mol. The molecule has 3 heteroatoms. The molecule has 0 N–H and O–H groups in total. The van der Waals surface area contributed by atoms with Crippen LogP contribution in [0.15, 0.2) is 182 Å². The summed E-state index contributed by atoms with van der Waals surface area (Å²) in [6.45, 7) is 0. The Bertz CT molecular complexity index is 2370. The van der Waals surface area contributed by atoms with Crippen LogP contribution < -0.4 is 4.74 Å². The quantitative estimate of drug-likeness (QED) is 0.193. The number of ether oxygens (including phenoxy) is 1. The summed E-state index contributed by atoms with van der Waals surface area (Å²) in [5.41, 5.74) is 10.1. The van der Waals surface area contributed by atoms with Crippen LogP contribution >= 0.6 is 0 Å². The number of para-hydroxylation sites is 3. The number of aromatic nitrogens is 2. The fraction of sp³-hybridized carbons (Fsp3) is 0.0222. The molecule has 0 saturated carbocycles. The van der Waals surface area contributed by atoms with E-state index >= 15 is 0 Å². The van der Waals surface area contributed by atoms with Gasteiger partial charge in [-0.05, 0) is 46.5 Å². The molecule has 9 rings (SSSR count). The first-order valence-electron chi connectivity index (χ1n) is 16.2. The van der Waals surface area contributed by atoms with Gasteiger partial charge in [0.1, 0.15) is 11.5 Å². The van der Waals surface area contributed by atoms with Crippen molar-refractivity contribution in [3.63, 3.8) is 0 Å². The lowest BCUT2D eigenvalue weighted by molar-refractivity contribution is 0.434. The third-order valence-electron chi connectivity index (χ3n) is 9.43. The highest BCUT2D eigenvalue weighted by atomic mass is 16.5. The lowest BCUT2D eigenvalue weighted by Gasteiger charge is -2.41. The molecular formula is C45H30N2O. The molecular weight excluding hydrogens is 585 g/mol.